The van der Waals surface area contributed by atoms with E-state index < -0.39 is 0 Å². The molecule has 1 amide bonds. The van der Waals surface area contributed by atoms with Crippen molar-refractivity contribution in [1.29, 1.82) is 0 Å². The first-order chi connectivity index (χ1) is 9.94. The highest BCUT2D eigenvalue weighted by Gasteiger charge is 2.25. The molecule has 1 saturated heterocycles. The van der Waals surface area contributed by atoms with E-state index in [-0.39, 0.29) is 24.2 Å². The highest BCUT2D eigenvalue weighted by atomic mass is 16.5. The third-order valence-electron chi connectivity index (χ3n) is 3.60. The van der Waals surface area contributed by atoms with Crippen LogP contribution in [0.3, 0.4) is 0 Å². The Bertz CT molecular complexity index is 464. The van der Waals surface area contributed by atoms with Gasteiger partial charge in [0, 0.05) is 25.3 Å². The van der Waals surface area contributed by atoms with E-state index in [0.717, 1.165) is 12.1 Å². The van der Waals surface area contributed by atoms with Gasteiger partial charge >= 0.3 is 0 Å². The molecule has 1 aliphatic heterocycles. The Morgan fingerprint density at radius 2 is 2.14 bits per heavy atom. The van der Waals surface area contributed by atoms with Crippen molar-refractivity contribution in [3.8, 4) is 0 Å². The van der Waals surface area contributed by atoms with Gasteiger partial charge in [0.1, 0.15) is 0 Å². The Morgan fingerprint density at radius 1 is 1.48 bits per heavy atom. The van der Waals surface area contributed by atoms with Crippen LogP contribution < -0.4 is 5.32 Å². The fourth-order valence-corrected chi connectivity index (χ4v) is 2.67. The van der Waals surface area contributed by atoms with Gasteiger partial charge in [0.15, 0.2) is 0 Å². The summed E-state index contributed by atoms with van der Waals surface area (Å²) in [5.74, 6) is 0.139. The molecule has 1 fully saturated rings. The van der Waals surface area contributed by atoms with Gasteiger partial charge in [-0.1, -0.05) is 0 Å². The zero-order valence-corrected chi connectivity index (χ0v) is 13.4. The predicted molar refractivity (Wildman–Crippen MR) is 81.0 cm³/mol. The zero-order valence-electron chi connectivity index (χ0n) is 13.4. The monoisotopic (exact) mass is 294 g/mol. The molecule has 6 heteroatoms. The molecule has 1 aliphatic rings. The van der Waals surface area contributed by atoms with Crippen molar-refractivity contribution in [3.05, 3.63) is 18.0 Å². The van der Waals surface area contributed by atoms with Gasteiger partial charge in [-0.2, -0.15) is 5.10 Å². The molecular weight excluding hydrogens is 268 g/mol. The van der Waals surface area contributed by atoms with Crippen LogP contribution in [0.15, 0.2) is 12.4 Å². The lowest BCUT2D eigenvalue weighted by atomic mass is 10.2. The van der Waals surface area contributed by atoms with Crippen LogP contribution in [0.1, 0.15) is 26.3 Å². The predicted octanol–water partition coefficient (Wildman–Crippen LogP) is 0.805. The van der Waals surface area contributed by atoms with Crippen molar-refractivity contribution in [2.45, 2.75) is 52.5 Å². The third-order valence-corrected chi connectivity index (χ3v) is 3.60. The Labute approximate surface area is 126 Å². The lowest BCUT2D eigenvalue weighted by molar-refractivity contribution is -0.142. The second-order valence-corrected chi connectivity index (χ2v) is 6.08. The van der Waals surface area contributed by atoms with Crippen LogP contribution in [0.25, 0.3) is 0 Å². The van der Waals surface area contributed by atoms with Gasteiger partial charge in [-0.05, 0) is 33.3 Å². The average Bonchev–Trinajstić information content (AvgIpc) is 2.80. The average molecular weight is 294 g/mol. The molecule has 1 aromatic rings. The smallest absolute Gasteiger partial charge is 0.236 e. The van der Waals surface area contributed by atoms with E-state index in [2.05, 4.69) is 17.3 Å². The molecule has 0 bridgehead atoms. The molecule has 0 aromatic carbocycles. The van der Waals surface area contributed by atoms with Gasteiger partial charge < -0.3 is 15.0 Å². The van der Waals surface area contributed by atoms with E-state index >= 15 is 0 Å². The lowest BCUT2D eigenvalue weighted by Crippen LogP contribution is -2.51. The SMILES string of the molecule is Cc1cnn(C[C@H](C)NCC(=O)N2C[C@H](C)O[C@@H](C)C2)c1. The molecule has 0 aliphatic carbocycles. The molecule has 0 saturated carbocycles. The Morgan fingerprint density at radius 3 is 2.71 bits per heavy atom. The maximum absolute atomic E-state index is 12.2. The van der Waals surface area contributed by atoms with Crippen LogP contribution >= 0.6 is 0 Å². The van der Waals surface area contributed by atoms with Crippen molar-refractivity contribution in [2.24, 2.45) is 0 Å². The number of amides is 1. The molecule has 0 radical (unpaired) electrons. The number of rotatable bonds is 5. The van der Waals surface area contributed by atoms with Gasteiger partial charge in [0.25, 0.3) is 0 Å². The maximum atomic E-state index is 12.2. The number of hydrogen-bond donors (Lipinski definition) is 1. The molecular formula is C15H26N4O2. The number of nitrogens with zero attached hydrogens (tertiary/aromatic N) is 3. The number of morpholine rings is 1. The molecule has 118 valence electrons. The van der Waals surface area contributed by atoms with Crippen LogP contribution in [-0.4, -0.2) is 58.5 Å². The number of hydrogen-bond acceptors (Lipinski definition) is 4. The van der Waals surface area contributed by atoms with E-state index in [1.54, 1.807) is 0 Å². The standard InChI is InChI=1S/C15H26N4O2/c1-11-5-17-19(7-11)8-12(2)16-6-15(20)18-9-13(3)21-14(4)10-18/h5,7,12-14,16H,6,8-10H2,1-4H3/t12-,13-,14-/m0/s1. The first-order valence-electron chi connectivity index (χ1n) is 7.59. The summed E-state index contributed by atoms with van der Waals surface area (Å²) in [7, 11) is 0. The highest BCUT2D eigenvalue weighted by molar-refractivity contribution is 5.78. The summed E-state index contributed by atoms with van der Waals surface area (Å²) in [6, 6.07) is 0.198. The zero-order chi connectivity index (χ0) is 15.4. The summed E-state index contributed by atoms with van der Waals surface area (Å²) in [5, 5.41) is 7.53. The summed E-state index contributed by atoms with van der Waals surface area (Å²) >= 11 is 0. The lowest BCUT2D eigenvalue weighted by Gasteiger charge is -2.35. The highest BCUT2D eigenvalue weighted by Crippen LogP contribution is 2.10. The number of ether oxygens (including phenoxy) is 1. The number of aryl methyl sites for hydroxylation is 1. The van der Waals surface area contributed by atoms with E-state index in [4.69, 9.17) is 4.74 Å². The second kappa shape index (κ2) is 7.04. The maximum Gasteiger partial charge on any atom is 0.236 e. The summed E-state index contributed by atoms with van der Waals surface area (Å²) in [6.45, 7) is 10.6. The summed E-state index contributed by atoms with van der Waals surface area (Å²) in [6.07, 6.45) is 4.07. The number of nitrogens with one attached hydrogen (secondary N) is 1. The largest absolute Gasteiger partial charge is 0.372 e. The minimum Gasteiger partial charge on any atom is -0.372 e. The van der Waals surface area contributed by atoms with Gasteiger partial charge in [0.2, 0.25) is 5.91 Å². The summed E-state index contributed by atoms with van der Waals surface area (Å²) in [4.78, 5) is 14.1. The summed E-state index contributed by atoms with van der Waals surface area (Å²) < 4.78 is 7.55. The van der Waals surface area contributed by atoms with Crippen LogP contribution in [0.2, 0.25) is 0 Å². The Balaban J connectivity index is 1.75. The van der Waals surface area contributed by atoms with Gasteiger partial charge in [-0.25, -0.2) is 0 Å². The van der Waals surface area contributed by atoms with Crippen molar-refractivity contribution in [3.63, 3.8) is 0 Å². The van der Waals surface area contributed by atoms with Crippen molar-refractivity contribution < 1.29 is 9.53 Å². The quantitative estimate of drug-likeness (QED) is 0.873. The van der Waals surface area contributed by atoms with Gasteiger partial charge in [0.05, 0.1) is 31.5 Å². The van der Waals surface area contributed by atoms with Crippen molar-refractivity contribution in [1.82, 2.24) is 20.0 Å². The minimum absolute atomic E-state index is 0.113. The van der Waals surface area contributed by atoms with E-state index in [0.29, 0.717) is 19.6 Å². The van der Waals surface area contributed by atoms with Gasteiger partial charge in [-0.15, -0.1) is 0 Å². The first-order valence-corrected chi connectivity index (χ1v) is 7.59. The number of carbonyl (C=O) groups excluding carboxylic acids is 1. The molecule has 0 spiro atoms. The van der Waals surface area contributed by atoms with E-state index in [1.807, 2.05) is 42.7 Å². The topological polar surface area (TPSA) is 59.4 Å². The Kier molecular flexibility index (Phi) is 5.36. The van der Waals surface area contributed by atoms with Gasteiger partial charge in [-0.3, -0.25) is 9.48 Å². The third kappa shape index (κ3) is 4.82. The van der Waals surface area contributed by atoms with E-state index in [9.17, 15) is 4.79 Å². The van der Waals surface area contributed by atoms with Crippen LogP contribution in [0.4, 0.5) is 0 Å². The Hall–Kier alpha value is -1.40. The van der Waals surface area contributed by atoms with Crippen LogP contribution in [0, 0.1) is 6.92 Å². The molecule has 2 heterocycles. The molecule has 0 unspecified atom stereocenters. The molecule has 1 N–H and O–H groups in total. The fourth-order valence-electron chi connectivity index (χ4n) is 2.67. The number of aromatic nitrogens is 2. The van der Waals surface area contributed by atoms with E-state index in [1.165, 1.54) is 0 Å². The van der Waals surface area contributed by atoms with Crippen molar-refractivity contribution >= 4 is 5.91 Å². The first kappa shape index (κ1) is 16.0. The van der Waals surface area contributed by atoms with Crippen LogP contribution in [-0.2, 0) is 16.1 Å². The summed E-state index contributed by atoms with van der Waals surface area (Å²) in [5.41, 5.74) is 1.15. The van der Waals surface area contributed by atoms with Crippen LogP contribution in [0.5, 0.6) is 0 Å². The number of carbonyl (C=O) groups is 1. The molecule has 2 rings (SSSR count). The molecule has 6 nitrogen and oxygen atoms in total. The molecule has 3 atom stereocenters. The molecule has 1 aromatic heterocycles. The minimum atomic E-state index is 0.113. The second-order valence-electron chi connectivity index (χ2n) is 6.08. The van der Waals surface area contributed by atoms with Crippen molar-refractivity contribution in [2.75, 3.05) is 19.6 Å². The normalized spacial score (nSPS) is 24.1. The fraction of sp³-hybridized carbons (Fsp3) is 0.733. The molecule has 21 heavy (non-hydrogen) atoms.